The number of hydrogen-bond acceptors (Lipinski definition) is 4. The van der Waals surface area contributed by atoms with Crippen LogP contribution in [0.3, 0.4) is 0 Å². The number of amides is 1. The second-order valence-corrected chi connectivity index (χ2v) is 6.48. The Labute approximate surface area is 146 Å². The number of aromatic nitrogens is 1. The van der Waals surface area contributed by atoms with Crippen LogP contribution in [-0.2, 0) is 20.7 Å². The number of benzene rings is 1. The first-order valence-electron chi connectivity index (χ1n) is 7.76. The van der Waals surface area contributed by atoms with Crippen molar-refractivity contribution in [1.82, 2.24) is 9.88 Å². The van der Waals surface area contributed by atoms with Crippen LogP contribution in [0, 0.1) is 0 Å². The molecule has 2 N–H and O–H groups in total. The van der Waals surface area contributed by atoms with Gasteiger partial charge >= 0.3 is 6.09 Å². The minimum atomic E-state index is -0.552. The van der Waals surface area contributed by atoms with Gasteiger partial charge in [-0.1, -0.05) is 18.2 Å². The van der Waals surface area contributed by atoms with Crippen LogP contribution in [0.5, 0.6) is 0 Å². The van der Waals surface area contributed by atoms with Gasteiger partial charge in [0, 0.05) is 11.6 Å². The van der Waals surface area contributed by atoms with Gasteiger partial charge in [-0.3, -0.25) is 9.36 Å². The molecule has 0 aliphatic rings. The molecule has 0 saturated carbocycles. The molecule has 1 aromatic heterocycles. The summed E-state index contributed by atoms with van der Waals surface area (Å²) in [6.45, 7) is 7.15. The number of carbonyl (C=O) groups is 2. The van der Waals surface area contributed by atoms with Crippen LogP contribution in [0.1, 0.15) is 33.3 Å². The van der Waals surface area contributed by atoms with Gasteiger partial charge in [0.15, 0.2) is 0 Å². The zero-order chi connectivity index (χ0) is 19.0. The molecule has 148 valence electrons. The summed E-state index contributed by atoms with van der Waals surface area (Å²) < 4.78 is 6.96. The fraction of sp³-hybridized carbons (Fsp3) is 0.389. The third-order valence-corrected chi connectivity index (χ3v) is 3.22. The van der Waals surface area contributed by atoms with E-state index in [9.17, 15) is 9.59 Å². The number of nitrogens with one attached hydrogen (secondary N) is 1. The van der Waals surface area contributed by atoms with Gasteiger partial charge in [-0.2, -0.15) is 6.41 Å². The number of para-hydroxylation sites is 1. The second-order valence-electron chi connectivity index (χ2n) is 6.48. The Bertz CT molecular complexity index is 737. The standard InChI is InChI=1S/C17H21N2O3.CH2O2.Fm/c1-12(18-11-20)9-13-10-19(16(21)22-17(2,3)4)15-8-6-5-7-14(13)15;2-1-3;/h5-8,10,12H,9H2,1-4H3,(H,18,20);1H,(H,2,3);/q-1;;. The SMILES string of the molecule is CC(Cc1cn(C(=O)OC(C)(C)C)c2ccccc12)N[C-]=O.O=CO.[Fm]. The summed E-state index contributed by atoms with van der Waals surface area (Å²) in [5.41, 5.74) is 1.23. The quantitative estimate of drug-likeness (QED) is 0.318. The van der Waals surface area contributed by atoms with E-state index in [1.807, 2.05) is 52.0 Å². The zero-order valence-electron chi connectivity index (χ0n) is 15.1. The van der Waals surface area contributed by atoms with Crippen molar-refractivity contribution in [2.24, 2.45) is 0 Å². The van der Waals surface area contributed by atoms with Crippen LogP contribution >= 0.6 is 0 Å². The maximum atomic E-state index is 12.4. The van der Waals surface area contributed by atoms with E-state index >= 15 is 0 Å². The second kappa shape index (κ2) is 9.46. The molecule has 0 radical (unpaired) electrons. The van der Waals surface area contributed by atoms with Gasteiger partial charge < -0.3 is 20.0 Å². The number of carboxylic acid groups (broad SMARTS) is 1. The number of rotatable bonds is 4. The summed E-state index contributed by atoms with van der Waals surface area (Å²) in [5, 5.41) is 10.5. The Hall–Kier alpha value is -3.83. The van der Waals surface area contributed by atoms with Crippen molar-refractivity contribution in [3.05, 3.63) is 36.0 Å². The average molecular weight is 604 g/mol. The van der Waals surface area contributed by atoms with Gasteiger partial charge in [0.25, 0.3) is 6.47 Å². The molecule has 1 heterocycles. The minimum absolute atomic E-state index is 0. The molecular weight excluding hydrogens is 581 g/mol. The van der Waals surface area contributed by atoms with E-state index in [1.165, 1.54) is 4.57 Å². The van der Waals surface area contributed by atoms with Crippen LogP contribution in [0.15, 0.2) is 30.5 Å². The molecular formula is C18H23FmN2O5-. The van der Waals surface area contributed by atoms with Crippen molar-refractivity contribution >= 4 is 29.9 Å². The average Bonchev–Trinajstić information content (AvgIpc) is 2.86. The number of hydrogen-bond donors (Lipinski definition) is 2. The summed E-state index contributed by atoms with van der Waals surface area (Å²) in [4.78, 5) is 31.1. The van der Waals surface area contributed by atoms with Gasteiger partial charge in [-0.15, -0.1) is 0 Å². The Morgan fingerprint density at radius 3 is 2.50 bits per heavy atom. The number of carbonyl (C=O) groups excluding carboxylic acids is 2. The van der Waals surface area contributed by atoms with E-state index in [0.717, 1.165) is 16.5 Å². The Morgan fingerprint density at radius 2 is 1.96 bits per heavy atom. The van der Waals surface area contributed by atoms with E-state index in [0.29, 0.717) is 6.42 Å². The van der Waals surface area contributed by atoms with E-state index < -0.39 is 11.7 Å². The topological polar surface area (TPSA) is 97.6 Å². The molecule has 0 bridgehead atoms. The molecule has 2 aromatic rings. The normalized spacial score (nSPS) is 11.4. The monoisotopic (exact) mass is 604 g/mol. The molecule has 7 nitrogen and oxygen atoms in total. The third-order valence-electron chi connectivity index (χ3n) is 3.22. The fourth-order valence-electron chi connectivity index (χ4n) is 2.36. The van der Waals surface area contributed by atoms with E-state index in [2.05, 4.69) is 5.32 Å². The molecule has 8 heteroatoms. The molecule has 1 aromatic carbocycles. The van der Waals surface area contributed by atoms with Crippen LogP contribution in [-0.4, -0.2) is 40.3 Å². The third kappa shape index (κ3) is 5.99. The Morgan fingerprint density at radius 1 is 1.38 bits per heavy atom. The van der Waals surface area contributed by atoms with Crippen molar-refractivity contribution in [1.29, 1.82) is 0 Å². The maximum absolute atomic E-state index is 12.4. The number of ether oxygens (including phenoxy) is 1. The van der Waals surface area contributed by atoms with Gasteiger partial charge in [-0.05, 0) is 51.8 Å². The first-order chi connectivity index (χ1) is 11.7. The Kier molecular flexibility index (Phi) is 8.07. The molecule has 0 saturated heterocycles. The van der Waals surface area contributed by atoms with Gasteiger partial charge in [-0.25, -0.2) is 4.79 Å². The number of nitrogens with zero attached hydrogens (tertiary/aromatic N) is 1. The summed E-state index contributed by atoms with van der Waals surface area (Å²) >= 11 is 0. The first-order valence-corrected chi connectivity index (χ1v) is 7.76. The van der Waals surface area contributed by atoms with E-state index in [1.54, 1.807) is 12.6 Å². The number of fused-ring (bicyclic) bond motifs is 1. The minimum Gasteiger partial charge on any atom is -0.527 e. The molecule has 26 heavy (non-hydrogen) atoms. The van der Waals surface area contributed by atoms with E-state index in [-0.39, 0.29) is 12.5 Å². The molecule has 1 amide bonds. The Balaban J connectivity index is 0.00000146. The summed E-state index contributed by atoms with van der Waals surface area (Å²) in [6, 6.07) is 7.59. The maximum Gasteiger partial charge on any atom is 0.419 e. The van der Waals surface area contributed by atoms with Crippen molar-refractivity contribution < 1.29 is 24.2 Å². The summed E-state index contributed by atoms with van der Waals surface area (Å²) in [5.74, 6) is 0. The fourth-order valence-corrected chi connectivity index (χ4v) is 2.36. The largest absolute Gasteiger partial charge is 0.527 e. The zero-order valence-corrected chi connectivity index (χ0v) is 17.5. The van der Waals surface area contributed by atoms with E-state index in [4.69, 9.17) is 14.6 Å². The molecule has 1 atom stereocenters. The van der Waals surface area contributed by atoms with Crippen molar-refractivity contribution in [2.45, 2.75) is 45.8 Å². The van der Waals surface area contributed by atoms with Crippen molar-refractivity contribution in [3.63, 3.8) is 0 Å². The van der Waals surface area contributed by atoms with Gasteiger partial charge in [0.05, 0.1) is 5.52 Å². The molecule has 0 aliphatic carbocycles. The summed E-state index contributed by atoms with van der Waals surface area (Å²) in [7, 11) is 0. The van der Waals surface area contributed by atoms with Crippen molar-refractivity contribution in [3.8, 4) is 0 Å². The molecule has 0 aliphatic heterocycles. The van der Waals surface area contributed by atoms with Crippen LogP contribution in [0.4, 0.5) is 4.79 Å². The van der Waals surface area contributed by atoms with Crippen LogP contribution in [0.25, 0.3) is 10.9 Å². The predicted octanol–water partition coefficient (Wildman–Crippen LogP) is 2.71. The molecule has 0 fully saturated rings. The molecule has 1 unspecified atom stereocenters. The van der Waals surface area contributed by atoms with Crippen LogP contribution < -0.4 is 5.32 Å². The van der Waals surface area contributed by atoms with Gasteiger partial charge in [0.2, 0.25) is 0 Å². The molecule has 2 rings (SSSR count). The predicted molar refractivity (Wildman–Crippen MR) is 94.3 cm³/mol. The van der Waals surface area contributed by atoms with Crippen LogP contribution in [0.2, 0.25) is 0 Å². The summed E-state index contributed by atoms with van der Waals surface area (Å²) in [6.07, 6.45) is 3.69. The van der Waals surface area contributed by atoms with Gasteiger partial charge in [0.1, 0.15) is 5.60 Å². The van der Waals surface area contributed by atoms with Crippen molar-refractivity contribution in [2.75, 3.05) is 0 Å². The first kappa shape index (κ1) is 22.2. The smallest absolute Gasteiger partial charge is 0.419 e. The molecule has 0 spiro atoms.